The van der Waals surface area contributed by atoms with E-state index < -0.39 is 11.7 Å². The third-order valence-electron chi connectivity index (χ3n) is 2.64. The quantitative estimate of drug-likeness (QED) is 0.822. The van der Waals surface area contributed by atoms with Crippen LogP contribution in [0.25, 0.3) is 0 Å². The van der Waals surface area contributed by atoms with Gasteiger partial charge in [0, 0.05) is 5.92 Å². The summed E-state index contributed by atoms with van der Waals surface area (Å²) in [6, 6.07) is -0.371. The molecule has 0 bridgehead atoms. The second-order valence-corrected chi connectivity index (χ2v) is 6.02. The van der Waals surface area contributed by atoms with Gasteiger partial charge in [-0.05, 0) is 39.5 Å². The number of ether oxygens (including phenoxy) is 1. The van der Waals surface area contributed by atoms with E-state index in [4.69, 9.17) is 4.74 Å². The van der Waals surface area contributed by atoms with Gasteiger partial charge >= 0.3 is 6.09 Å². The van der Waals surface area contributed by atoms with Crippen LogP contribution < -0.4 is 5.32 Å². The van der Waals surface area contributed by atoms with Crippen LogP contribution in [0.3, 0.4) is 0 Å². The van der Waals surface area contributed by atoms with Crippen molar-refractivity contribution in [3.05, 3.63) is 0 Å². The lowest BCUT2D eigenvalue weighted by Gasteiger charge is -2.23. The predicted molar refractivity (Wildman–Crippen MR) is 65.7 cm³/mol. The molecule has 0 aromatic rings. The van der Waals surface area contributed by atoms with E-state index in [0.717, 1.165) is 12.8 Å². The zero-order valence-electron chi connectivity index (χ0n) is 11.4. The number of rotatable bonds is 4. The maximum atomic E-state index is 12.0. The van der Waals surface area contributed by atoms with E-state index >= 15 is 0 Å². The maximum Gasteiger partial charge on any atom is 0.408 e. The van der Waals surface area contributed by atoms with Crippen LogP contribution in [-0.2, 0) is 9.53 Å². The molecule has 0 heterocycles. The number of carbonyl (C=O) groups is 2. The number of alkyl carbamates (subject to hydrolysis) is 1. The lowest BCUT2D eigenvalue weighted by molar-refractivity contribution is -0.124. The zero-order valence-corrected chi connectivity index (χ0v) is 11.4. The molecule has 4 nitrogen and oxygen atoms in total. The zero-order chi connectivity index (χ0) is 13.2. The minimum absolute atomic E-state index is 0.0597. The van der Waals surface area contributed by atoms with E-state index in [9.17, 15) is 9.59 Å². The van der Waals surface area contributed by atoms with Crippen LogP contribution in [0.5, 0.6) is 0 Å². The van der Waals surface area contributed by atoms with Gasteiger partial charge in [-0.1, -0.05) is 13.8 Å². The molecule has 4 heteroatoms. The molecular weight excluding hydrogens is 218 g/mol. The molecule has 0 aromatic heterocycles. The molecule has 0 spiro atoms. The Kier molecular flexibility index (Phi) is 4.17. The second-order valence-electron chi connectivity index (χ2n) is 6.02. The normalized spacial score (nSPS) is 17.8. The van der Waals surface area contributed by atoms with Gasteiger partial charge in [-0.15, -0.1) is 0 Å². The van der Waals surface area contributed by atoms with Crippen LogP contribution in [0, 0.1) is 11.8 Å². The smallest absolute Gasteiger partial charge is 0.408 e. The van der Waals surface area contributed by atoms with E-state index in [1.807, 2.05) is 34.6 Å². The highest BCUT2D eigenvalue weighted by Gasteiger charge is 2.38. The van der Waals surface area contributed by atoms with Crippen LogP contribution in [-0.4, -0.2) is 23.5 Å². The summed E-state index contributed by atoms with van der Waals surface area (Å²) in [5, 5.41) is 2.71. The van der Waals surface area contributed by atoms with Crippen molar-refractivity contribution in [3.63, 3.8) is 0 Å². The maximum absolute atomic E-state index is 12.0. The predicted octanol–water partition coefficient (Wildman–Crippen LogP) is 2.51. The summed E-state index contributed by atoms with van der Waals surface area (Å²) < 4.78 is 5.17. The Morgan fingerprint density at radius 2 is 1.76 bits per heavy atom. The van der Waals surface area contributed by atoms with Crippen LogP contribution in [0.1, 0.15) is 47.5 Å². The summed E-state index contributed by atoms with van der Waals surface area (Å²) >= 11 is 0. The number of ketones is 1. The number of amides is 1. The molecule has 0 radical (unpaired) electrons. The molecular formula is C13H23NO3. The number of Topliss-reactive ketones (excluding diaryl/α,β-unsaturated/α-hetero) is 1. The van der Waals surface area contributed by atoms with Crippen LogP contribution in [0.2, 0.25) is 0 Å². The molecule has 0 aromatic carbocycles. The summed E-state index contributed by atoms with van der Waals surface area (Å²) in [7, 11) is 0. The van der Waals surface area contributed by atoms with Gasteiger partial charge in [0.1, 0.15) is 5.60 Å². The highest BCUT2D eigenvalue weighted by molar-refractivity contribution is 5.89. The van der Waals surface area contributed by atoms with Crippen LogP contribution in [0.15, 0.2) is 0 Å². The van der Waals surface area contributed by atoms with Crippen LogP contribution >= 0.6 is 0 Å². The number of hydrogen-bond acceptors (Lipinski definition) is 3. The third kappa shape index (κ3) is 4.75. The number of nitrogens with one attached hydrogen (secondary N) is 1. The molecule has 1 unspecified atom stereocenters. The number of hydrogen-bond donors (Lipinski definition) is 1. The van der Waals surface area contributed by atoms with Gasteiger partial charge in [0.2, 0.25) is 0 Å². The largest absolute Gasteiger partial charge is 0.444 e. The van der Waals surface area contributed by atoms with Gasteiger partial charge < -0.3 is 10.1 Å². The van der Waals surface area contributed by atoms with Crippen molar-refractivity contribution in [3.8, 4) is 0 Å². The van der Waals surface area contributed by atoms with E-state index in [2.05, 4.69) is 5.32 Å². The van der Waals surface area contributed by atoms with Crippen molar-refractivity contribution < 1.29 is 14.3 Å². The Bertz CT molecular complexity index is 300. The average Bonchev–Trinajstić information content (AvgIpc) is 2.93. The molecule has 1 rings (SSSR count). The molecule has 1 atom stereocenters. The third-order valence-corrected chi connectivity index (χ3v) is 2.64. The molecule has 1 amide bonds. The highest BCUT2D eigenvalue weighted by Crippen LogP contribution is 2.34. The summed E-state index contributed by atoms with van der Waals surface area (Å²) in [6.45, 7) is 9.14. The van der Waals surface area contributed by atoms with Crippen molar-refractivity contribution in [2.75, 3.05) is 0 Å². The van der Waals surface area contributed by atoms with Crippen molar-refractivity contribution >= 4 is 11.9 Å². The van der Waals surface area contributed by atoms with E-state index in [-0.39, 0.29) is 17.7 Å². The Labute approximate surface area is 103 Å². The first-order valence-electron chi connectivity index (χ1n) is 6.24. The SMILES string of the molecule is CC(C)C(=O)C(NC(=O)OC(C)(C)C)C1CC1. The first-order valence-corrected chi connectivity index (χ1v) is 6.24. The minimum atomic E-state index is -0.529. The van der Waals surface area contributed by atoms with Gasteiger partial charge in [-0.2, -0.15) is 0 Å². The summed E-state index contributed by atoms with van der Waals surface area (Å²) in [5.74, 6) is 0.339. The summed E-state index contributed by atoms with van der Waals surface area (Å²) in [4.78, 5) is 23.6. The Balaban J connectivity index is 2.56. The molecule has 17 heavy (non-hydrogen) atoms. The fourth-order valence-electron chi connectivity index (χ4n) is 1.64. The monoisotopic (exact) mass is 241 g/mol. The van der Waals surface area contributed by atoms with Gasteiger partial charge in [0.05, 0.1) is 6.04 Å². The van der Waals surface area contributed by atoms with Crippen LogP contribution in [0.4, 0.5) is 4.79 Å². The van der Waals surface area contributed by atoms with Crippen molar-refractivity contribution in [2.24, 2.45) is 11.8 Å². The molecule has 1 aliphatic carbocycles. The standard InChI is InChI=1S/C13H23NO3/c1-8(2)11(15)10(9-6-7-9)14-12(16)17-13(3,4)5/h8-10H,6-7H2,1-5H3,(H,14,16). The van der Waals surface area contributed by atoms with Crippen molar-refractivity contribution in [1.82, 2.24) is 5.32 Å². The molecule has 1 saturated carbocycles. The number of carbonyl (C=O) groups excluding carboxylic acids is 2. The van der Waals surface area contributed by atoms with E-state index in [1.165, 1.54) is 0 Å². The fourth-order valence-corrected chi connectivity index (χ4v) is 1.64. The van der Waals surface area contributed by atoms with Gasteiger partial charge in [-0.25, -0.2) is 4.79 Å². The molecule has 0 aliphatic heterocycles. The highest BCUT2D eigenvalue weighted by atomic mass is 16.6. The summed E-state index contributed by atoms with van der Waals surface area (Å²) in [6.07, 6.45) is 1.53. The van der Waals surface area contributed by atoms with Crippen molar-refractivity contribution in [1.29, 1.82) is 0 Å². The molecule has 98 valence electrons. The van der Waals surface area contributed by atoms with Gasteiger partial charge in [0.15, 0.2) is 5.78 Å². The van der Waals surface area contributed by atoms with Crippen molar-refractivity contribution in [2.45, 2.75) is 59.1 Å². The first kappa shape index (κ1) is 14.0. The van der Waals surface area contributed by atoms with E-state index in [1.54, 1.807) is 0 Å². The Morgan fingerprint density at radius 1 is 1.24 bits per heavy atom. The Hall–Kier alpha value is -1.06. The topological polar surface area (TPSA) is 55.4 Å². The van der Waals surface area contributed by atoms with Gasteiger partial charge in [0.25, 0.3) is 0 Å². The van der Waals surface area contributed by atoms with E-state index in [0.29, 0.717) is 5.92 Å². The first-order chi connectivity index (χ1) is 7.70. The molecule has 0 saturated heterocycles. The second kappa shape index (κ2) is 5.07. The fraction of sp³-hybridized carbons (Fsp3) is 0.846. The molecule has 1 aliphatic rings. The lowest BCUT2D eigenvalue weighted by Crippen LogP contribution is -2.46. The molecule has 1 fully saturated rings. The van der Waals surface area contributed by atoms with Gasteiger partial charge in [-0.3, -0.25) is 4.79 Å². The minimum Gasteiger partial charge on any atom is -0.444 e. The average molecular weight is 241 g/mol. The summed E-state index contributed by atoms with van der Waals surface area (Å²) in [5.41, 5.74) is -0.529. The Morgan fingerprint density at radius 3 is 2.12 bits per heavy atom. The lowest BCUT2D eigenvalue weighted by atomic mass is 9.98. The molecule has 1 N–H and O–H groups in total.